The molecule has 3 aromatic rings. The zero-order valence-electron chi connectivity index (χ0n) is 16.0. The van der Waals surface area contributed by atoms with Gasteiger partial charge in [-0.05, 0) is 51.0 Å². The van der Waals surface area contributed by atoms with Crippen molar-refractivity contribution in [1.82, 2.24) is 9.78 Å². The number of hydrogen-bond acceptors (Lipinski definition) is 3. The largest absolute Gasteiger partial charge is 0.310 e. The highest BCUT2D eigenvalue weighted by Gasteiger charge is 2.31. The fourth-order valence-electron chi connectivity index (χ4n) is 3.62. The molecule has 1 atom stereocenters. The third-order valence-corrected chi connectivity index (χ3v) is 6.25. The molecule has 0 spiro atoms. The fraction of sp³-hybridized carbons (Fsp3) is 0.273. The number of fused-ring (bicyclic) bond motifs is 1. The first-order chi connectivity index (χ1) is 12.9. The summed E-state index contributed by atoms with van der Waals surface area (Å²) in [5.74, 6) is 1.23. The molecule has 2 heterocycles. The van der Waals surface area contributed by atoms with Gasteiger partial charge in [0.05, 0.1) is 22.4 Å². The molecule has 0 unspecified atom stereocenters. The number of amides is 1. The van der Waals surface area contributed by atoms with Gasteiger partial charge < -0.3 is 5.32 Å². The van der Waals surface area contributed by atoms with Crippen LogP contribution in [-0.4, -0.2) is 21.4 Å². The lowest BCUT2D eigenvalue weighted by Gasteiger charge is -2.18. The molecule has 27 heavy (non-hydrogen) atoms. The van der Waals surface area contributed by atoms with E-state index in [1.807, 2.05) is 23.7 Å². The van der Waals surface area contributed by atoms with Gasteiger partial charge in [0.2, 0.25) is 5.91 Å². The van der Waals surface area contributed by atoms with Crippen molar-refractivity contribution in [2.45, 2.75) is 32.9 Å². The van der Waals surface area contributed by atoms with E-state index in [2.05, 4.69) is 56.4 Å². The van der Waals surface area contributed by atoms with Gasteiger partial charge in [0.25, 0.3) is 0 Å². The van der Waals surface area contributed by atoms with Gasteiger partial charge in [0.1, 0.15) is 5.82 Å². The number of rotatable bonds is 2. The number of nitrogens with zero attached hydrogens (tertiary/aromatic N) is 2. The van der Waals surface area contributed by atoms with Crippen molar-refractivity contribution >= 4 is 23.5 Å². The molecule has 2 aromatic carbocycles. The first-order valence-electron chi connectivity index (χ1n) is 9.09. The maximum absolute atomic E-state index is 12.4. The second kappa shape index (κ2) is 6.89. The molecule has 1 aromatic heterocycles. The number of nitrogens with one attached hydrogen (secondary N) is 1. The van der Waals surface area contributed by atoms with Crippen molar-refractivity contribution in [3.05, 3.63) is 76.0 Å². The number of thioether (sulfide) groups is 1. The Morgan fingerprint density at radius 3 is 2.44 bits per heavy atom. The van der Waals surface area contributed by atoms with Gasteiger partial charge in [0.15, 0.2) is 0 Å². The molecule has 138 valence electrons. The summed E-state index contributed by atoms with van der Waals surface area (Å²) in [6, 6.07) is 14.7. The first kappa shape index (κ1) is 17.9. The van der Waals surface area contributed by atoms with Crippen molar-refractivity contribution in [1.29, 1.82) is 0 Å². The predicted octanol–water partition coefficient (Wildman–Crippen LogP) is 4.88. The molecule has 4 rings (SSSR count). The van der Waals surface area contributed by atoms with Crippen molar-refractivity contribution < 1.29 is 4.79 Å². The summed E-state index contributed by atoms with van der Waals surface area (Å²) >= 11 is 1.67. The van der Waals surface area contributed by atoms with Crippen LogP contribution in [0.5, 0.6) is 0 Å². The molecule has 0 saturated carbocycles. The number of carbonyl (C=O) groups is 1. The van der Waals surface area contributed by atoms with Gasteiger partial charge in [-0.15, -0.1) is 11.8 Å². The van der Waals surface area contributed by atoms with E-state index in [9.17, 15) is 4.79 Å². The second-order valence-corrected chi connectivity index (χ2v) is 8.29. The van der Waals surface area contributed by atoms with E-state index < -0.39 is 0 Å². The van der Waals surface area contributed by atoms with E-state index in [0.717, 1.165) is 22.8 Å². The van der Waals surface area contributed by atoms with E-state index in [1.54, 1.807) is 11.8 Å². The van der Waals surface area contributed by atoms with Crippen molar-refractivity contribution in [2.75, 3.05) is 11.1 Å². The number of hydrogen-bond donors (Lipinski definition) is 1. The molecule has 1 aliphatic heterocycles. The van der Waals surface area contributed by atoms with Crippen LogP contribution in [0.25, 0.3) is 5.69 Å². The topological polar surface area (TPSA) is 46.9 Å². The number of aryl methyl sites for hydroxylation is 4. The van der Waals surface area contributed by atoms with Gasteiger partial charge >= 0.3 is 0 Å². The Morgan fingerprint density at radius 2 is 1.74 bits per heavy atom. The minimum Gasteiger partial charge on any atom is -0.310 e. The maximum Gasteiger partial charge on any atom is 0.235 e. The SMILES string of the molecule is Cc1ccc(-n2nc(C)c3c2NC(=O)CS[C@H]3c2ccc(C)cc2C)cc1. The fourth-order valence-corrected chi connectivity index (χ4v) is 4.90. The minimum atomic E-state index is 0.0155. The molecule has 0 bridgehead atoms. The van der Waals surface area contributed by atoms with Crippen LogP contribution in [-0.2, 0) is 4.79 Å². The monoisotopic (exact) mass is 377 g/mol. The summed E-state index contributed by atoms with van der Waals surface area (Å²) in [6.07, 6.45) is 0. The third-order valence-electron chi connectivity index (χ3n) is 4.99. The summed E-state index contributed by atoms with van der Waals surface area (Å²) < 4.78 is 1.87. The van der Waals surface area contributed by atoms with Crippen LogP contribution >= 0.6 is 11.8 Å². The molecular weight excluding hydrogens is 354 g/mol. The van der Waals surface area contributed by atoms with Crippen molar-refractivity contribution in [3.63, 3.8) is 0 Å². The van der Waals surface area contributed by atoms with Crippen LogP contribution in [0.3, 0.4) is 0 Å². The molecule has 1 amide bonds. The summed E-state index contributed by atoms with van der Waals surface area (Å²) in [6.45, 7) is 8.34. The van der Waals surface area contributed by atoms with Gasteiger partial charge in [-0.3, -0.25) is 4.79 Å². The lowest BCUT2D eigenvalue weighted by Crippen LogP contribution is -2.15. The highest BCUT2D eigenvalue weighted by molar-refractivity contribution is 8.00. The van der Waals surface area contributed by atoms with E-state index >= 15 is 0 Å². The van der Waals surface area contributed by atoms with Crippen LogP contribution in [0.1, 0.15) is 38.8 Å². The standard InChI is InChI=1S/C22H23N3OS/c1-13-5-8-17(9-6-13)25-22-20(16(4)24-25)21(27-12-19(26)23-22)18-10-7-14(2)11-15(18)3/h5-11,21H,12H2,1-4H3,(H,23,26)/t21-/m0/s1. The molecule has 1 aliphatic rings. The van der Waals surface area contributed by atoms with Crippen LogP contribution < -0.4 is 5.32 Å². The highest BCUT2D eigenvalue weighted by atomic mass is 32.2. The van der Waals surface area contributed by atoms with E-state index in [4.69, 9.17) is 5.10 Å². The normalized spacial score (nSPS) is 16.6. The highest BCUT2D eigenvalue weighted by Crippen LogP contribution is 2.44. The zero-order valence-corrected chi connectivity index (χ0v) is 16.9. The Morgan fingerprint density at radius 1 is 1.04 bits per heavy atom. The smallest absolute Gasteiger partial charge is 0.235 e. The van der Waals surface area contributed by atoms with Gasteiger partial charge in [-0.25, -0.2) is 4.68 Å². The quantitative estimate of drug-likeness (QED) is 0.692. The second-order valence-electron chi connectivity index (χ2n) is 7.19. The van der Waals surface area contributed by atoms with Crippen molar-refractivity contribution in [2.24, 2.45) is 0 Å². The number of anilines is 1. The molecule has 0 aliphatic carbocycles. The number of aromatic nitrogens is 2. The molecule has 1 N–H and O–H groups in total. The third kappa shape index (κ3) is 3.28. The van der Waals surface area contributed by atoms with Crippen LogP contribution in [0.4, 0.5) is 5.82 Å². The zero-order chi connectivity index (χ0) is 19.1. The molecule has 4 nitrogen and oxygen atoms in total. The molecule has 0 radical (unpaired) electrons. The van der Waals surface area contributed by atoms with Crippen molar-refractivity contribution in [3.8, 4) is 5.69 Å². The number of benzene rings is 2. The molecular formula is C22H23N3OS. The van der Waals surface area contributed by atoms with E-state index in [1.165, 1.54) is 22.3 Å². The maximum atomic E-state index is 12.4. The summed E-state index contributed by atoms with van der Waals surface area (Å²) in [5.41, 5.74) is 7.93. The van der Waals surface area contributed by atoms with Crippen LogP contribution in [0.2, 0.25) is 0 Å². The molecule has 5 heteroatoms. The van der Waals surface area contributed by atoms with Gasteiger partial charge in [-0.1, -0.05) is 41.5 Å². The Labute approximate surface area is 164 Å². The van der Waals surface area contributed by atoms with Gasteiger partial charge in [-0.2, -0.15) is 5.10 Å². The summed E-state index contributed by atoms with van der Waals surface area (Å²) in [5, 5.41) is 7.96. The average molecular weight is 378 g/mol. The van der Waals surface area contributed by atoms with E-state index in [-0.39, 0.29) is 11.2 Å². The Kier molecular flexibility index (Phi) is 4.56. The summed E-state index contributed by atoms with van der Waals surface area (Å²) in [7, 11) is 0. The first-order valence-corrected chi connectivity index (χ1v) is 10.1. The van der Waals surface area contributed by atoms with E-state index in [0.29, 0.717) is 5.75 Å². The minimum absolute atomic E-state index is 0.0155. The average Bonchev–Trinajstić information content (AvgIpc) is 2.83. The molecule has 0 saturated heterocycles. The predicted molar refractivity (Wildman–Crippen MR) is 112 cm³/mol. The Bertz CT molecular complexity index is 1020. The Balaban J connectivity index is 1.90. The van der Waals surface area contributed by atoms with Crippen LogP contribution in [0.15, 0.2) is 42.5 Å². The van der Waals surface area contributed by atoms with Gasteiger partial charge in [0, 0.05) is 5.56 Å². The molecule has 0 fully saturated rings. The lowest BCUT2D eigenvalue weighted by atomic mass is 9.98. The summed E-state index contributed by atoms with van der Waals surface area (Å²) in [4.78, 5) is 12.4. The number of carbonyl (C=O) groups excluding carboxylic acids is 1. The Hall–Kier alpha value is -2.53. The lowest BCUT2D eigenvalue weighted by molar-refractivity contribution is -0.113. The van der Waals surface area contributed by atoms with Crippen LogP contribution in [0, 0.1) is 27.7 Å².